The third kappa shape index (κ3) is 4.69. The highest BCUT2D eigenvalue weighted by atomic mass is 79.9. The second kappa shape index (κ2) is 9.43. The fraction of sp³-hybridized carbons (Fsp3) is 0.261. The first-order valence-electron chi connectivity index (χ1n) is 10.2. The summed E-state index contributed by atoms with van der Waals surface area (Å²) in [4.78, 5) is 24.9. The van der Waals surface area contributed by atoms with Crippen LogP contribution in [0.2, 0.25) is 0 Å². The van der Waals surface area contributed by atoms with Crippen LogP contribution in [0.4, 0.5) is 4.39 Å². The molecule has 1 aromatic heterocycles. The third-order valence-corrected chi connectivity index (χ3v) is 5.76. The van der Waals surface area contributed by atoms with Crippen LogP contribution >= 0.6 is 15.9 Å². The number of nitrogens with zero attached hydrogens (tertiary/aromatic N) is 2. The monoisotopic (exact) mass is 484 g/mol. The number of hydrogen-bond donors (Lipinski definition) is 2. The molecule has 0 spiro atoms. The Labute approximate surface area is 188 Å². The number of carbonyl (C=O) groups excluding carboxylic acids is 2. The van der Waals surface area contributed by atoms with Gasteiger partial charge in [-0.1, -0.05) is 34.1 Å². The smallest absolute Gasteiger partial charge is 0.272 e. The van der Waals surface area contributed by atoms with Crippen molar-refractivity contribution in [1.29, 1.82) is 0 Å². The van der Waals surface area contributed by atoms with Gasteiger partial charge in [0.15, 0.2) is 5.69 Å². The van der Waals surface area contributed by atoms with Gasteiger partial charge in [-0.3, -0.25) is 9.59 Å². The van der Waals surface area contributed by atoms with Crippen LogP contribution in [0.25, 0.3) is 5.69 Å². The molecule has 2 amide bonds. The first kappa shape index (κ1) is 21.2. The highest BCUT2D eigenvalue weighted by molar-refractivity contribution is 9.10. The number of fused-ring (bicyclic) bond motifs is 1. The molecule has 0 bridgehead atoms. The van der Waals surface area contributed by atoms with E-state index < -0.39 is 11.7 Å². The Morgan fingerprint density at radius 1 is 1.00 bits per heavy atom. The number of amides is 2. The van der Waals surface area contributed by atoms with E-state index in [1.165, 1.54) is 18.2 Å². The van der Waals surface area contributed by atoms with Crippen LogP contribution in [0.5, 0.6) is 0 Å². The zero-order valence-electron chi connectivity index (χ0n) is 16.8. The Kier molecular flexibility index (Phi) is 6.46. The second-order valence-corrected chi connectivity index (χ2v) is 8.28. The van der Waals surface area contributed by atoms with E-state index in [0.29, 0.717) is 5.69 Å². The lowest BCUT2D eigenvalue weighted by Gasteiger charge is -2.14. The van der Waals surface area contributed by atoms with E-state index in [9.17, 15) is 14.0 Å². The molecule has 0 aliphatic heterocycles. The van der Waals surface area contributed by atoms with Gasteiger partial charge in [-0.15, -0.1) is 0 Å². The largest absolute Gasteiger partial charge is 0.350 e. The molecule has 0 atom stereocenters. The summed E-state index contributed by atoms with van der Waals surface area (Å²) >= 11 is 3.49. The number of rotatable bonds is 6. The first-order chi connectivity index (χ1) is 15.0. The lowest BCUT2D eigenvalue weighted by atomic mass is 9.95. The Morgan fingerprint density at radius 2 is 1.74 bits per heavy atom. The van der Waals surface area contributed by atoms with Gasteiger partial charge in [0.2, 0.25) is 0 Å². The van der Waals surface area contributed by atoms with E-state index in [2.05, 4.69) is 31.7 Å². The molecule has 0 saturated carbocycles. The minimum atomic E-state index is -0.575. The molecule has 4 rings (SSSR count). The van der Waals surface area contributed by atoms with E-state index in [4.69, 9.17) is 0 Å². The first-order valence-corrected chi connectivity index (χ1v) is 11.0. The third-order valence-electron chi connectivity index (χ3n) is 5.26. The quantitative estimate of drug-likeness (QED) is 0.522. The zero-order chi connectivity index (χ0) is 21.8. The fourth-order valence-corrected chi connectivity index (χ4v) is 4.17. The van der Waals surface area contributed by atoms with E-state index in [1.54, 1.807) is 6.07 Å². The highest BCUT2D eigenvalue weighted by Crippen LogP contribution is 2.27. The van der Waals surface area contributed by atoms with Crippen molar-refractivity contribution in [2.24, 2.45) is 0 Å². The molecule has 31 heavy (non-hydrogen) atoms. The van der Waals surface area contributed by atoms with E-state index >= 15 is 0 Å². The van der Waals surface area contributed by atoms with Crippen molar-refractivity contribution in [2.45, 2.75) is 25.7 Å². The zero-order valence-corrected chi connectivity index (χ0v) is 18.4. The Bertz CT molecular complexity index is 1130. The van der Waals surface area contributed by atoms with Crippen molar-refractivity contribution in [3.05, 3.63) is 81.3 Å². The SMILES string of the molecule is O=C(NCCNC(=O)c1nn(-c2cccc(Br)c2)c2c1CCCC2)c1ccccc1F. The van der Waals surface area contributed by atoms with Gasteiger partial charge in [0.1, 0.15) is 5.82 Å². The van der Waals surface area contributed by atoms with Crippen molar-refractivity contribution in [1.82, 2.24) is 20.4 Å². The summed E-state index contributed by atoms with van der Waals surface area (Å²) < 4.78 is 16.5. The Hall–Kier alpha value is -3.00. The predicted molar refractivity (Wildman–Crippen MR) is 119 cm³/mol. The summed E-state index contributed by atoms with van der Waals surface area (Å²) in [5.41, 5.74) is 3.37. The maximum atomic E-state index is 13.7. The minimum Gasteiger partial charge on any atom is -0.350 e. The molecular weight excluding hydrogens is 463 g/mol. The molecule has 0 unspecified atom stereocenters. The highest BCUT2D eigenvalue weighted by Gasteiger charge is 2.25. The normalized spacial score (nSPS) is 12.8. The molecule has 0 saturated heterocycles. The topological polar surface area (TPSA) is 76.0 Å². The molecule has 2 aromatic carbocycles. The van der Waals surface area contributed by atoms with Gasteiger partial charge in [0.05, 0.1) is 11.3 Å². The molecule has 0 fully saturated rings. The molecule has 1 aliphatic rings. The second-order valence-electron chi connectivity index (χ2n) is 7.36. The van der Waals surface area contributed by atoms with Gasteiger partial charge >= 0.3 is 0 Å². The van der Waals surface area contributed by atoms with Crippen LogP contribution in [0, 0.1) is 5.82 Å². The Morgan fingerprint density at radius 3 is 2.52 bits per heavy atom. The summed E-state index contributed by atoms with van der Waals surface area (Å²) in [6, 6.07) is 13.6. The molecular formula is C23H22BrFN4O2. The van der Waals surface area contributed by atoms with Gasteiger partial charge in [-0.05, 0) is 56.0 Å². The van der Waals surface area contributed by atoms with Gasteiger partial charge < -0.3 is 10.6 Å². The lowest BCUT2D eigenvalue weighted by molar-refractivity contribution is 0.0922. The predicted octanol–water partition coefficient (Wildman–Crippen LogP) is 3.81. The molecule has 1 aliphatic carbocycles. The molecule has 1 heterocycles. The molecule has 3 aromatic rings. The number of benzene rings is 2. The summed E-state index contributed by atoms with van der Waals surface area (Å²) in [5.74, 6) is -1.36. The van der Waals surface area contributed by atoms with Gasteiger partial charge in [0, 0.05) is 28.8 Å². The summed E-state index contributed by atoms with van der Waals surface area (Å²) in [7, 11) is 0. The van der Waals surface area contributed by atoms with Crippen LogP contribution in [-0.2, 0) is 12.8 Å². The van der Waals surface area contributed by atoms with Crippen LogP contribution in [0.3, 0.4) is 0 Å². The van der Waals surface area contributed by atoms with Crippen molar-refractivity contribution in [3.63, 3.8) is 0 Å². The number of aromatic nitrogens is 2. The number of halogens is 2. The van der Waals surface area contributed by atoms with Gasteiger partial charge in [0.25, 0.3) is 11.8 Å². The fourth-order valence-electron chi connectivity index (χ4n) is 3.78. The Balaban J connectivity index is 1.43. The maximum Gasteiger partial charge on any atom is 0.272 e. The molecule has 0 radical (unpaired) electrons. The number of nitrogens with one attached hydrogen (secondary N) is 2. The summed E-state index contributed by atoms with van der Waals surface area (Å²) in [6.45, 7) is 0.408. The lowest BCUT2D eigenvalue weighted by Crippen LogP contribution is -2.35. The van der Waals surface area contributed by atoms with Crippen LogP contribution < -0.4 is 10.6 Å². The summed E-state index contributed by atoms with van der Waals surface area (Å²) in [5, 5.41) is 10.1. The number of hydrogen-bond acceptors (Lipinski definition) is 3. The van der Waals surface area contributed by atoms with Crippen molar-refractivity contribution in [3.8, 4) is 5.69 Å². The van der Waals surface area contributed by atoms with Crippen LogP contribution in [-0.4, -0.2) is 34.7 Å². The van der Waals surface area contributed by atoms with Crippen molar-refractivity contribution in [2.75, 3.05) is 13.1 Å². The van der Waals surface area contributed by atoms with Crippen LogP contribution in [0.1, 0.15) is 44.9 Å². The van der Waals surface area contributed by atoms with Crippen molar-refractivity contribution < 1.29 is 14.0 Å². The van der Waals surface area contributed by atoms with E-state index in [0.717, 1.165) is 47.1 Å². The maximum absolute atomic E-state index is 13.7. The average Bonchev–Trinajstić information content (AvgIpc) is 3.17. The molecule has 8 heteroatoms. The molecule has 2 N–H and O–H groups in total. The summed E-state index contributed by atoms with van der Waals surface area (Å²) in [6.07, 6.45) is 3.78. The van der Waals surface area contributed by atoms with E-state index in [1.807, 2.05) is 28.9 Å². The van der Waals surface area contributed by atoms with Gasteiger partial charge in [-0.25, -0.2) is 9.07 Å². The van der Waals surface area contributed by atoms with Crippen LogP contribution in [0.15, 0.2) is 53.0 Å². The van der Waals surface area contributed by atoms with E-state index in [-0.39, 0.29) is 24.6 Å². The molecule has 160 valence electrons. The number of carbonyl (C=O) groups is 2. The minimum absolute atomic E-state index is 0.0179. The molecule has 6 nitrogen and oxygen atoms in total. The van der Waals surface area contributed by atoms with Crippen molar-refractivity contribution >= 4 is 27.7 Å². The average molecular weight is 485 g/mol. The van der Waals surface area contributed by atoms with Gasteiger partial charge in [-0.2, -0.15) is 5.10 Å². The standard InChI is InChI=1S/C23H22BrFN4O2/c24-15-6-5-7-16(14-15)29-20-11-4-2-9-18(20)21(28-29)23(31)27-13-12-26-22(30)17-8-1-3-10-19(17)25/h1,3,5-8,10,14H,2,4,9,11-13H2,(H,26,30)(H,27,31).